The first-order valence-corrected chi connectivity index (χ1v) is 9.28. The fraction of sp³-hybridized carbons (Fsp3) is 0.350. The average molecular weight is 387 g/mol. The maximum atomic E-state index is 12.5. The van der Waals surface area contributed by atoms with Gasteiger partial charge in [-0.2, -0.15) is 0 Å². The molecule has 1 amide bonds. The van der Waals surface area contributed by atoms with Crippen molar-refractivity contribution in [2.75, 3.05) is 13.1 Å². The van der Waals surface area contributed by atoms with Crippen LogP contribution < -0.4 is 5.32 Å². The summed E-state index contributed by atoms with van der Waals surface area (Å²) in [5, 5.41) is 3.09. The number of hydrogen-bond donors (Lipinski definition) is 1. The van der Waals surface area contributed by atoms with Gasteiger partial charge >= 0.3 is 0 Å². The molecular formula is C20H23BrN2O. The lowest BCUT2D eigenvalue weighted by Crippen LogP contribution is -2.42. The highest BCUT2D eigenvalue weighted by Crippen LogP contribution is 2.20. The van der Waals surface area contributed by atoms with Gasteiger partial charge in [-0.15, -0.1) is 0 Å². The minimum Gasteiger partial charge on any atom is -0.352 e. The highest BCUT2D eigenvalue weighted by Gasteiger charge is 2.25. The molecule has 24 heavy (non-hydrogen) atoms. The Labute approximate surface area is 152 Å². The Balaban J connectivity index is 1.52. The van der Waals surface area contributed by atoms with Gasteiger partial charge in [0.1, 0.15) is 0 Å². The van der Waals surface area contributed by atoms with Crippen molar-refractivity contribution in [2.24, 2.45) is 5.92 Å². The summed E-state index contributed by atoms with van der Waals surface area (Å²) in [4.78, 5) is 14.9. The van der Waals surface area contributed by atoms with Crippen LogP contribution in [-0.2, 0) is 17.9 Å². The van der Waals surface area contributed by atoms with E-state index in [1.54, 1.807) is 0 Å². The predicted molar refractivity (Wildman–Crippen MR) is 100 cm³/mol. The van der Waals surface area contributed by atoms with Crippen LogP contribution in [0.1, 0.15) is 24.0 Å². The van der Waals surface area contributed by atoms with E-state index < -0.39 is 0 Å². The highest BCUT2D eigenvalue weighted by molar-refractivity contribution is 9.10. The van der Waals surface area contributed by atoms with Gasteiger partial charge in [0, 0.05) is 24.1 Å². The van der Waals surface area contributed by atoms with E-state index in [0.717, 1.165) is 42.5 Å². The first-order valence-electron chi connectivity index (χ1n) is 8.49. The van der Waals surface area contributed by atoms with Crippen molar-refractivity contribution in [3.63, 3.8) is 0 Å². The number of carbonyl (C=O) groups is 1. The Morgan fingerprint density at radius 1 is 1.12 bits per heavy atom. The molecule has 1 atom stereocenters. The molecule has 0 radical (unpaired) electrons. The van der Waals surface area contributed by atoms with Gasteiger partial charge in [0.25, 0.3) is 0 Å². The van der Waals surface area contributed by atoms with Gasteiger partial charge in [-0.25, -0.2) is 0 Å². The second-order valence-corrected chi connectivity index (χ2v) is 7.32. The van der Waals surface area contributed by atoms with E-state index in [0.29, 0.717) is 6.54 Å². The zero-order valence-electron chi connectivity index (χ0n) is 13.7. The zero-order chi connectivity index (χ0) is 16.8. The maximum absolute atomic E-state index is 12.5. The van der Waals surface area contributed by atoms with Gasteiger partial charge in [0.2, 0.25) is 5.91 Å². The summed E-state index contributed by atoms with van der Waals surface area (Å²) in [6.45, 7) is 3.42. The topological polar surface area (TPSA) is 32.3 Å². The molecule has 1 aliphatic rings. The van der Waals surface area contributed by atoms with Crippen molar-refractivity contribution >= 4 is 21.8 Å². The van der Waals surface area contributed by atoms with Crippen molar-refractivity contribution in [2.45, 2.75) is 25.9 Å². The van der Waals surface area contributed by atoms with Crippen LogP contribution in [0.25, 0.3) is 0 Å². The summed E-state index contributed by atoms with van der Waals surface area (Å²) in [7, 11) is 0. The van der Waals surface area contributed by atoms with Gasteiger partial charge in [-0.1, -0.05) is 58.4 Å². The van der Waals surface area contributed by atoms with Gasteiger partial charge in [0.05, 0.1) is 5.92 Å². The lowest BCUT2D eigenvalue weighted by Gasteiger charge is -2.32. The van der Waals surface area contributed by atoms with Gasteiger partial charge in [0.15, 0.2) is 0 Å². The lowest BCUT2D eigenvalue weighted by molar-refractivity contribution is -0.126. The first kappa shape index (κ1) is 17.2. The normalized spacial score (nSPS) is 18.3. The van der Waals surface area contributed by atoms with Gasteiger partial charge in [-0.3, -0.25) is 9.69 Å². The number of carbonyl (C=O) groups excluding carboxylic acids is 1. The van der Waals surface area contributed by atoms with Crippen LogP contribution in [0.15, 0.2) is 59.1 Å². The fourth-order valence-corrected chi connectivity index (χ4v) is 3.68. The molecule has 1 heterocycles. The van der Waals surface area contributed by atoms with E-state index in [1.807, 2.05) is 36.4 Å². The Morgan fingerprint density at radius 3 is 2.71 bits per heavy atom. The first-order chi connectivity index (χ1) is 11.7. The molecule has 0 saturated carbocycles. The molecule has 1 saturated heterocycles. The molecule has 126 valence electrons. The maximum Gasteiger partial charge on any atom is 0.224 e. The molecule has 1 fully saturated rings. The number of nitrogens with one attached hydrogen (secondary N) is 1. The van der Waals surface area contributed by atoms with Crippen molar-refractivity contribution in [3.05, 3.63) is 70.2 Å². The second kappa shape index (κ2) is 8.45. The zero-order valence-corrected chi connectivity index (χ0v) is 15.3. The summed E-state index contributed by atoms with van der Waals surface area (Å²) in [5.74, 6) is 0.271. The molecular weight excluding hydrogens is 364 g/mol. The molecule has 3 rings (SSSR count). The van der Waals surface area contributed by atoms with Crippen molar-refractivity contribution < 1.29 is 4.79 Å². The van der Waals surface area contributed by atoms with Crippen LogP contribution in [0.5, 0.6) is 0 Å². The summed E-state index contributed by atoms with van der Waals surface area (Å²) >= 11 is 3.52. The van der Waals surface area contributed by atoms with Crippen molar-refractivity contribution in [3.8, 4) is 0 Å². The van der Waals surface area contributed by atoms with E-state index in [2.05, 4.69) is 44.3 Å². The molecule has 2 aromatic rings. The number of halogens is 1. The highest BCUT2D eigenvalue weighted by atomic mass is 79.9. The monoisotopic (exact) mass is 386 g/mol. The lowest BCUT2D eigenvalue weighted by atomic mass is 9.96. The van der Waals surface area contributed by atoms with E-state index in [1.165, 1.54) is 5.56 Å². The quantitative estimate of drug-likeness (QED) is 0.842. The number of likely N-dealkylation sites (tertiary alicyclic amines) is 1. The summed E-state index contributed by atoms with van der Waals surface area (Å²) in [6, 6.07) is 18.5. The Hall–Kier alpha value is -1.65. The third-order valence-electron chi connectivity index (χ3n) is 4.48. The van der Waals surface area contributed by atoms with Gasteiger partial charge in [-0.05, 0) is 42.6 Å². The molecule has 0 bridgehead atoms. The minimum absolute atomic E-state index is 0.0922. The Bertz CT molecular complexity index is 674. The average Bonchev–Trinajstić information content (AvgIpc) is 2.61. The minimum atomic E-state index is 0.0922. The smallest absolute Gasteiger partial charge is 0.224 e. The molecule has 3 nitrogen and oxygen atoms in total. The molecule has 1 unspecified atom stereocenters. The SMILES string of the molecule is O=C(NCc1ccccc1)C1CCCN(Cc2cccc(Br)c2)C1. The number of hydrogen-bond acceptors (Lipinski definition) is 2. The van der Waals surface area contributed by atoms with E-state index in [4.69, 9.17) is 0 Å². The second-order valence-electron chi connectivity index (χ2n) is 6.41. The number of rotatable bonds is 5. The predicted octanol–water partition coefficient (Wildman–Crippen LogP) is 3.98. The molecule has 0 aromatic heterocycles. The van der Waals surface area contributed by atoms with Crippen LogP contribution in [0, 0.1) is 5.92 Å². The van der Waals surface area contributed by atoms with E-state index >= 15 is 0 Å². The standard InChI is InChI=1S/C20H23BrN2O/c21-19-10-4-8-17(12-19)14-23-11-5-9-18(15-23)20(24)22-13-16-6-2-1-3-7-16/h1-4,6-8,10,12,18H,5,9,11,13-15H2,(H,22,24). The van der Waals surface area contributed by atoms with Gasteiger partial charge < -0.3 is 5.32 Å². The van der Waals surface area contributed by atoms with Crippen LogP contribution in [0.2, 0.25) is 0 Å². The van der Waals surface area contributed by atoms with Crippen molar-refractivity contribution in [1.82, 2.24) is 10.2 Å². The Morgan fingerprint density at radius 2 is 1.92 bits per heavy atom. The molecule has 0 aliphatic carbocycles. The number of benzene rings is 2. The van der Waals surface area contributed by atoms with Crippen LogP contribution in [0.3, 0.4) is 0 Å². The third kappa shape index (κ3) is 4.92. The van der Waals surface area contributed by atoms with Crippen LogP contribution in [-0.4, -0.2) is 23.9 Å². The largest absolute Gasteiger partial charge is 0.352 e. The summed E-state index contributed by atoms with van der Waals surface area (Å²) < 4.78 is 1.11. The van der Waals surface area contributed by atoms with Crippen LogP contribution >= 0.6 is 15.9 Å². The molecule has 0 spiro atoms. The molecule has 4 heteroatoms. The molecule has 2 aromatic carbocycles. The van der Waals surface area contributed by atoms with Crippen molar-refractivity contribution in [1.29, 1.82) is 0 Å². The number of piperidine rings is 1. The van der Waals surface area contributed by atoms with E-state index in [-0.39, 0.29) is 11.8 Å². The third-order valence-corrected chi connectivity index (χ3v) is 4.97. The summed E-state index contributed by atoms with van der Waals surface area (Å²) in [5.41, 5.74) is 2.43. The fourth-order valence-electron chi connectivity index (χ4n) is 3.24. The Kier molecular flexibility index (Phi) is 6.05. The van der Waals surface area contributed by atoms with Crippen LogP contribution in [0.4, 0.5) is 0 Å². The molecule has 1 aliphatic heterocycles. The van der Waals surface area contributed by atoms with E-state index in [9.17, 15) is 4.79 Å². The number of amides is 1. The molecule has 1 N–H and O–H groups in total. The summed E-state index contributed by atoms with van der Waals surface area (Å²) in [6.07, 6.45) is 2.06. The number of nitrogens with zero attached hydrogens (tertiary/aromatic N) is 1.